The van der Waals surface area contributed by atoms with Crippen molar-refractivity contribution in [2.24, 2.45) is 5.92 Å². The average Bonchev–Trinajstić information content (AvgIpc) is 2.64. The second-order valence-corrected chi connectivity index (χ2v) is 8.51. The first-order valence-electron chi connectivity index (χ1n) is 8.54. The first-order valence-corrected chi connectivity index (χ1v) is 9.98. The Hall–Kier alpha value is -2.16. The lowest BCUT2D eigenvalue weighted by Gasteiger charge is -2.33. The van der Waals surface area contributed by atoms with Crippen molar-refractivity contribution in [1.82, 2.24) is 4.31 Å². The predicted octanol–water partition coefficient (Wildman–Crippen LogP) is 3.70. The molecule has 0 aromatic heterocycles. The monoisotopic (exact) mass is 354 g/mol. The molecule has 25 heavy (non-hydrogen) atoms. The van der Waals surface area contributed by atoms with Crippen LogP contribution in [0.3, 0.4) is 0 Å². The molecule has 0 unspecified atom stereocenters. The van der Waals surface area contributed by atoms with Crippen LogP contribution in [0.4, 0.5) is 0 Å². The van der Waals surface area contributed by atoms with Crippen molar-refractivity contribution in [3.63, 3.8) is 0 Å². The molecule has 0 bridgehead atoms. The summed E-state index contributed by atoms with van der Waals surface area (Å²) in [5, 5.41) is 9.58. The number of benzene rings is 2. The fraction of sp³-hybridized carbons (Fsp3) is 0.350. The molecule has 2 aromatic carbocycles. The summed E-state index contributed by atoms with van der Waals surface area (Å²) in [6, 6.07) is 19.2. The van der Waals surface area contributed by atoms with Gasteiger partial charge in [-0.05, 0) is 43.4 Å². The Morgan fingerprint density at radius 3 is 2.20 bits per heavy atom. The number of rotatable bonds is 4. The first kappa shape index (κ1) is 17.7. The Bertz CT molecular complexity index is 847. The number of hydrogen-bond acceptors (Lipinski definition) is 3. The average molecular weight is 354 g/mol. The van der Waals surface area contributed by atoms with E-state index in [9.17, 15) is 13.7 Å². The van der Waals surface area contributed by atoms with Crippen molar-refractivity contribution < 1.29 is 8.42 Å². The van der Waals surface area contributed by atoms with Crippen molar-refractivity contribution >= 4 is 10.0 Å². The lowest BCUT2D eigenvalue weighted by molar-refractivity contribution is 0.261. The van der Waals surface area contributed by atoms with E-state index in [1.165, 1.54) is 0 Å². The van der Waals surface area contributed by atoms with Crippen molar-refractivity contribution in [3.8, 4) is 6.07 Å². The van der Waals surface area contributed by atoms with Crippen molar-refractivity contribution in [1.29, 1.82) is 5.26 Å². The molecule has 1 aliphatic heterocycles. The van der Waals surface area contributed by atoms with Gasteiger partial charge in [-0.25, -0.2) is 8.42 Å². The molecule has 4 nitrogen and oxygen atoms in total. The maximum absolute atomic E-state index is 12.8. The highest BCUT2D eigenvalue weighted by Gasteiger charge is 2.33. The Kier molecular flexibility index (Phi) is 5.22. The Balaban J connectivity index is 1.71. The fourth-order valence-electron chi connectivity index (χ4n) is 3.42. The molecule has 1 heterocycles. The van der Waals surface area contributed by atoms with E-state index in [2.05, 4.69) is 6.07 Å². The number of nitriles is 1. The molecule has 0 N–H and O–H groups in total. The van der Waals surface area contributed by atoms with Crippen LogP contribution in [0.25, 0.3) is 0 Å². The van der Waals surface area contributed by atoms with E-state index >= 15 is 0 Å². The summed E-state index contributed by atoms with van der Waals surface area (Å²) in [7, 11) is -3.45. The Morgan fingerprint density at radius 1 is 1.04 bits per heavy atom. The molecular formula is C20H22N2O2S. The van der Waals surface area contributed by atoms with E-state index in [1.54, 1.807) is 16.4 Å². The maximum atomic E-state index is 12.8. The van der Waals surface area contributed by atoms with Crippen LogP contribution in [0.1, 0.15) is 29.9 Å². The molecule has 1 fully saturated rings. The molecule has 0 spiro atoms. The summed E-state index contributed by atoms with van der Waals surface area (Å²) in [6.45, 7) is 2.87. The SMILES string of the molecule is Cc1ccc(S(=O)(=O)N2CCC([C@H](C#N)c3ccccc3)CC2)cc1. The van der Waals surface area contributed by atoms with Gasteiger partial charge in [-0.2, -0.15) is 9.57 Å². The number of nitrogens with zero attached hydrogens (tertiary/aromatic N) is 2. The van der Waals surface area contributed by atoms with Gasteiger partial charge in [-0.3, -0.25) is 0 Å². The summed E-state index contributed by atoms with van der Waals surface area (Å²) < 4.78 is 27.1. The molecule has 2 aromatic rings. The minimum Gasteiger partial charge on any atom is -0.207 e. The van der Waals surface area contributed by atoms with E-state index in [-0.39, 0.29) is 11.8 Å². The first-order chi connectivity index (χ1) is 12.0. The summed E-state index contributed by atoms with van der Waals surface area (Å²) in [6.07, 6.45) is 1.41. The molecule has 5 heteroatoms. The van der Waals surface area contributed by atoms with Gasteiger partial charge in [-0.15, -0.1) is 0 Å². The Morgan fingerprint density at radius 2 is 1.64 bits per heavy atom. The smallest absolute Gasteiger partial charge is 0.207 e. The van der Waals surface area contributed by atoms with Crippen LogP contribution >= 0.6 is 0 Å². The molecule has 1 atom stereocenters. The largest absolute Gasteiger partial charge is 0.243 e. The van der Waals surface area contributed by atoms with E-state index in [1.807, 2.05) is 49.4 Å². The van der Waals surface area contributed by atoms with Crippen LogP contribution in [0.5, 0.6) is 0 Å². The second-order valence-electron chi connectivity index (χ2n) is 6.57. The standard InChI is InChI=1S/C20H22N2O2S/c1-16-7-9-19(10-8-16)25(23,24)22-13-11-18(12-14-22)20(15-21)17-5-3-2-4-6-17/h2-10,18,20H,11-14H2,1H3/t20-/m1/s1. The van der Waals surface area contributed by atoms with Crippen LogP contribution in [0, 0.1) is 24.2 Å². The van der Waals surface area contributed by atoms with Crippen molar-refractivity contribution in [2.75, 3.05) is 13.1 Å². The second kappa shape index (κ2) is 7.38. The summed E-state index contributed by atoms with van der Waals surface area (Å²) >= 11 is 0. The van der Waals surface area contributed by atoms with Gasteiger partial charge in [0.2, 0.25) is 10.0 Å². The molecule has 1 saturated heterocycles. The van der Waals surface area contributed by atoms with Crippen molar-refractivity contribution in [3.05, 3.63) is 65.7 Å². The van der Waals surface area contributed by atoms with E-state index < -0.39 is 10.0 Å². The zero-order valence-corrected chi connectivity index (χ0v) is 15.1. The molecule has 130 valence electrons. The Labute approximate surface area is 149 Å². The third kappa shape index (κ3) is 3.76. The van der Waals surface area contributed by atoms with Gasteiger partial charge >= 0.3 is 0 Å². The normalized spacial score (nSPS) is 17.8. The predicted molar refractivity (Wildman–Crippen MR) is 97.5 cm³/mol. The van der Waals surface area contributed by atoms with Gasteiger partial charge < -0.3 is 0 Å². The van der Waals surface area contributed by atoms with Crippen LogP contribution in [0.15, 0.2) is 59.5 Å². The van der Waals surface area contributed by atoms with Gasteiger partial charge in [0.15, 0.2) is 0 Å². The van der Waals surface area contributed by atoms with Gasteiger partial charge in [0.1, 0.15) is 0 Å². The number of piperidine rings is 1. The van der Waals surface area contributed by atoms with Crippen LogP contribution in [-0.2, 0) is 10.0 Å². The van der Waals surface area contributed by atoms with Crippen LogP contribution in [0.2, 0.25) is 0 Å². The number of aryl methyl sites for hydroxylation is 1. The van der Waals surface area contributed by atoms with Gasteiger partial charge in [0.05, 0.1) is 16.9 Å². The summed E-state index contributed by atoms with van der Waals surface area (Å²) in [5.41, 5.74) is 2.06. The highest BCUT2D eigenvalue weighted by Crippen LogP contribution is 2.33. The summed E-state index contributed by atoms with van der Waals surface area (Å²) in [4.78, 5) is 0.344. The lowest BCUT2D eigenvalue weighted by atomic mass is 9.81. The molecule has 0 radical (unpaired) electrons. The quantitative estimate of drug-likeness (QED) is 0.841. The van der Waals surface area contributed by atoms with Crippen LogP contribution in [-0.4, -0.2) is 25.8 Å². The van der Waals surface area contributed by atoms with Gasteiger partial charge in [0.25, 0.3) is 0 Å². The minimum absolute atomic E-state index is 0.176. The maximum Gasteiger partial charge on any atom is 0.243 e. The molecular weight excluding hydrogens is 332 g/mol. The lowest BCUT2D eigenvalue weighted by Crippen LogP contribution is -2.39. The van der Waals surface area contributed by atoms with E-state index in [0.717, 1.165) is 11.1 Å². The fourth-order valence-corrected chi connectivity index (χ4v) is 4.89. The van der Waals surface area contributed by atoms with E-state index in [4.69, 9.17) is 0 Å². The zero-order valence-electron chi connectivity index (χ0n) is 14.3. The highest BCUT2D eigenvalue weighted by atomic mass is 32.2. The number of hydrogen-bond donors (Lipinski definition) is 0. The summed E-state index contributed by atoms with van der Waals surface area (Å²) in [5.74, 6) is 0.0160. The van der Waals surface area contributed by atoms with E-state index in [0.29, 0.717) is 30.8 Å². The molecule has 0 aliphatic carbocycles. The molecule has 0 amide bonds. The third-order valence-corrected chi connectivity index (χ3v) is 6.84. The molecule has 3 rings (SSSR count). The van der Waals surface area contributed by atoms with Crippen LogP contribution < -0.4 is 0 Å². The zero-order chi connectivity index (χ0) is 17.9. The van der Waals surface area contributed by atoms with Gasteiger partial charge in [0, 0.05) is 13.1 Å². The highest BCUT2D eigenvalue weighted by molar-refractivity contribution is 7.89. The molecule has 1 aliphatic rings. The van der Waals surface area contributed by atoms with Gasteiger partial charge in [-0.1, -0.05) is 48.0 Å². The molecule has 0 saturated carbocycles. The minimum atomic E-state index is -3.45. The topological polar surface area (TPSA) is 61.2 Å². The number of sulfonamides is 1. The third-order valence-electron chi connectivity index (χ3n) is 4.93. The van der Waals surface area contributed by atoms with Crippen molar-refractivity contribution in [2.45, 2.75) is 30.6 Å².